The van der Waals surface area contributed by atoms with Crippen LogP contribution >= 0.6 is 11.8 Å². The summed E-state index contributed by atoms with van der Waals surface area (Å²) >= 11 is 1.33. The number of nitrogens with one attached hydrogen (secondary N) is 1. The fourth-order valence-electron chi connectivity index (χ4n) is 2.37. The van der Waals surface area contributed by atoms with Crippen molar-refractivity contribution in [1.29, 1.82) is 0 Å². The number of carbonyl (C=O) groups excluding carboxylic acids is 1. The second kappa shape index (κ2) is 7.53. The number of phenols is 1. The molecule has 5 heteroatoms. The Morgan fingerprint density at radius 2 is 1.83 bits per heavy atom. The predicted molar refractivity (Wildman–Crippen MR) is 102 cm³/mol. The first kappa shape index (κ1) is 18.1. The van der Waals surface area contributed by atoms with Gasteiger partial charge in [0.1, 0.15) is 11.4 Å². The molecule has 1 amide bonds. The van der Waals surface area contributed by atoms with E-state index in [1.807, 2.05) is 52.1 Å². The van der Waals surface area contributed by atoms with E-state index in [0.29, 0.717) is 16.4 Å². The minimum atomic E-state index is -0.215. The summed E-state index contributed by atoms with van der Waals surface area (Å²) in [5, 5.41) is 13.5. The van der Waals surface area contributed by atoms with Gasteiger partial charge in [-0.3, -0.25) is 4.79 Å². The molecule has 0 saturated carbocycles. The minimum Gasteiger partial charge on any atom is -0.506 e. The summed E-state index contributed by atoms with van der Waals surface area (Å²) in [7, 11) is 0. The lowest BCUT2D eigenvalue weighted by Crippen LogP contribution is -2.28. The van der Waals surface area contributed by atoms with Gasteiger partial charge in [0.05, 0.1) is 0 Å². The summed E-state index contributed by atoms with van der Waals surface area (Å²) in [5.41, 5.74) is 5.09. The van der Waals surface area contributed by atoms with E-state index in [9.17, 15) is 9.90 Å². The number of rotatable bonds is 2. The first-order valence-electron chi connectivity index (χ1n) is 7.64. The standard InChI is InChI=1S/C19H22N2O2S/c1-11-7-6-8-15(9-11)18(23)21-19(24-5)20-17-14(4)13(3)12(2)10-16(17)22/h6-10,22H,1-5H3,(H,20,21,23). The highest BCUT2D eigenvalue weighted by Crippen LogP contribution is 2.34. The Bertz CT molecular complexity index is 813. The Kier molecular flexibility index (Phi) is 5.67. The van der Waals surface area contributed by atoms with Crippen molar-refractivity contribution in [2.45, 2.75) is 27.7 Å². The highest BCUT2D eigenvalue weighted by Gasteiger charge is 2.13. The molecule has 0 saturated heterocycles. The molecule has 2 aromatic carbocycles. The summed E-state index contributed by atoms with van der Waals surface area (Å²) in [5.74, 6) is -0.0975. The number of phenolic OH excluding ortho intramolecular Hbond substituents is 1. The van der Waals surface area contributed by atoms with Gasteiger partial charge in [0.2, 0.25) is 0 Å². The van der Waals surface area contributed by atoms with Gasteiger partial charge in [-0.25, -0.2) is 4.99 Å². The number of thioether (sulfide) groups is 1. The minimum absolute atomic E-state index is 0.118. The van der Waals surface area contributed by atoms with Crippen LogP contribution in [0.5, 0.6) is 5.75 Å². The maximum atomic E-state index is 12.4. The van der Waals surface area contributed by atoms with Crippen molar-refractivity contribution in [2.75, 3.05) is 6.26 Å². The third kappa shape index (κ3) is 3.97. The quantitative estimate of drug-likeness (QED) is 0.628. The Morgan fingerprint density at radius 1 is 1.12 bits per heavy atom. The van der Waals surface area contributed by atoms with E-state index in [1.165, 1.54) is 11.8 Å². The van der Waals surface area contributed by atoms with Crippen LogP contribution in [0, 0.1) is 27.7 Å². The number of carbonyl (C=O) groups is 1. The summed E-state index contributed by atoms with van der Waals surface area (Å²) in [6.07, 6.45) is 1.84. The molecule has 126 valence electrons. The van der Waals surface area contributed by atoms with E-state index in [0.717, 1.165) is 22.3 Å². The van der Waals surface area contributed by atoms with E-state index >= 15 is 0 Å². The molecule has 0 atom stereocenters. The molecule has 4 nitrogen and oxygen atoms in total. The molecule has 0 aliphatic rings. The molecule has 0 radical (unpaired) electrons. The Balaban J connectivity index is 2.34. The highest BCUT2D eigenvalue weighted by molar-refractivity contribution is 8.13. The SMILES string of the molecule is CSC(=Nc1c(O)cc(C)c(C)c1C)NC(=O)c1cccc(C)c1. The number of hydrogen-bond acceptors (Lipinski definition) is 4. The first-order chi connectivity index (χ1) is 11.3. The lowest BCUT2D eigenvalue weighted by molar-refractivity contribution is 0.0978. The Labute approximate surface area is 147 Å². The summed E-state index contributed by atoms with van der Waals surface area (Å²) in [6, 6.07) is 9.07. The second-order valence-corrected chi connectivity index (χ2v) is 6.55. The summed E-state index contributed by atoms with van der Waals surface area (Å²) in [4.78, 5) is 16.8. The van der Waals surface area contributed by atoms with Crippen molar-refractivity contribution in [3.63, 3.8) is 0 Å². The van der Waals surface area contributed by atoms with Gasteiger partial charge in [0, 0.05) is 5.56 Å². The van der Waals surface area contributed by atoms with E-state index in [2.05, 4.69) is 10.3 Å². The first-order valence-corrected chi connectivity index (χ1v) is 8.86. The normalized spacial score (nSPS) is 11.5. The number of amidine groups is 1. The lowest BCUT2D eigenvalue weighted by atomic mass is 10.0. The van der Waals surface area contributed by atoms with Crippen LogP contribution < -0.4 is 5.32 Å². The monoisotopic (exact) mass is 342 g/mol. The number of hydrogen-bond donors (Lipinski definition) is 2. The average Bonchev–Trinajstić information content (AvgIpc) is 2.55. The van der Waals surface area contributed by atoms with E-state index in [-0.39, 0.29) is 11.7 Å². The smallest absolute Gasteiger partial charge is 0.257 e. The molecule has 2 rings (SSSR count). The van der Waals surface area contributed by atoms with Gasteiger partial charge in [0.15, 0.2) is 5.17 Å². The molecular formula is C19H22N2O2S. The van der Waals surface area contributed by atoms with Crippen LogP contribution in [0.25, 0.3) is 0 Å². The zero-order valence-electron chi connectivity index (χ0n) is 14.6. The van der Waals surface area contributed by atoms with Gasteiger partial charge in [-0.1, -0.05) is 29.5 Å². The number of aliphatic imine (C=N–C) groups is 1. The Morgan fingerprint density at radius 3 is 2.46 bits per heavy atom. The molecule has 0 aliphatic heterocycles. The van der Waals surface area contributed by atoms with E-state index in [1.54, 1.807) is 12.1 Å². The van der Waals surface area contributed by atoms with Crippen LogP contribution in [0.2, 0.25) is 0 Å². The maximum Gasteiger partial charge on any atom is 0.257 e. The van der Waals surface area contributed by atoms with Crippen LogP contribution in [0.1, 0.15) is 32.6 Å². The third-order valence-corrected chi connectivity index (χ3v) is 4.59. The van der Waals surface area contributed by atoms with Crippen LogP contribution in [-0.2, 0) is 0 Å². The van der Waals surface area contributed by atoms with Crippen molar-refractivity contribution in [3.05, 3.63) is 58.1 Å². The van der Waals surface area contributed by atoms with Crippen LogP contribution in [0.3, 0.4) is 0 Å². The van der Waals surface area contributed by atoms with Crippen molar-refractivity contribution in [2.24, 2.45) is 4.99 Å². The van der Waals surface area contributed by atoms with Gasteiger partial charge >= 0.3 is 0 Å². The number of aryl methyl sites for hydroxylation is 2. The second-order valence-electron chi connectivity index (χ2n) is 5.76. The molecule has 2 aromatic rings. The fraction of sp³-hybridized carbons (Fsp3) is 0.263. The molecule has 0 unspecified atom stereocenters. The number of nitrogens with zero attached hydrogens (tertiary/aromatic N) is 1. The highest BCUT2D eigenvalue weighted by atomic mass is 32.2. The van der Waals surface area contributed by atoms with Crippen molar-refractivity contribution >= 4 is 28.5 Å². The third-order valence-electron chi connectivity index (χ3n) is 4.01. The van der Waals surface area contributed by atoms with E-state index < -0.39 is 0 Å². The predicted octanol–water partition coefficient (Wildman–Crippen LogP) is 4.41. The van der Waals surface area contributed by atoms with Gasteiger partial charge in [-0.15, -0.1) is 0 Å². The van der Waals surface area contributed by atoms with Crippen LogP contribution in [-0.4, -0.2) is 22.4 Å². The van der Waals surface area contributed by atoms with Gasteiger partial charge in [-0.2, -0.15) is 0 Å². The van der Waals surface area contributed by atoms with E-state index in [4.69, 9.17) is 0 Å². The van der Waals surface area contributed by atoms with Crippen molar-refractivity contribution in [3.8, 4) is 5.75 Å². The molecule has 2 N–H and O–H groups in total. The summed E-state index contributed by atoms with van der Waals surface area (Å²) < 4.78 is 0. The zero-order valence-corrected chi connectivity index (χ0v) is 15.4. The van der Waals surface area contributed by atoms with Crippen LogP contribution in [0.4, 0.5) is 5.69 Å². The van der Waals surface area contributed by atoms with Crippen LogP contribution in [0.15, 0.2) is 35.3 Å². The molecule has 0 bridgehead atoms. The topological polar surface area (TPSA) is 61.7 Å². The number of amides is 1. The number of benzene rings is 2. The molecule has 0 spiro atoms. The zero-order chi connectivity index (χ0) is 17.9. The Hall–Kier alpha value is -2.27. The molecule has 0 aliphatic carbocycles. The summed E-state index contributed by atoms with van der Waals surface area (Å²) in [6.45, 7) is 7.80. The van der Waals surface area contributed by atoms with Gasteiger partial charge in [0.25, 0.3) is 5.91 Å². The largest absolute Gasteiger partial charge is 0.506 e. The molecule has 24 heavy (non-hydrogen) atoms. The molecule has 0 heterocycles. The fourth-order valence-corrected chi connectivity index (χ4v) is 2.75. The lowest BCUT2D eigenvalue weighted by Gasteiger charge is -2.12. The molecule has 0 fully saturated rings. The van der Waals surface area contributed by atoms with Gasteiger partial charge < -0.3 is 10.4 Å². The van der Waals surface area contributed by atoms with Crippen molar-refractivity contribution < 1.29 is 9.90 Å². The average molecular weight is 342 g/mol. The molecule has 0 aromatic heterocycles. The maximum absolute atomic E-state index is 12.4. The number of aromatic hydroxyl groups is 1. The van der Waals surface area contributed by atoms with Crippen molar-refractivity contribution in [1.82, 2.24) is 5.32 Å². The molecular weight excluding hydrogens is 320 g/mol. The van der Waals surface area contributed by atoms with Gasteiger partial charge in [-0.05, 0) is 68.8 Å².